The highest BCUT2D eigenvalue weighted by Crippen LogP contribution is 2.36. The first-order chi connectivity index (χ1) is 10.9. The van der Waals surface area contributed by atoms with Gasteiger partial charge in [0.15, 0.2) is 0 Å². The summed E-state index contributed by atoms with van der Waals surface area (Å²) >= 11 is 6.17. The van der Waals surface area contributed by atoms with Crippen molar-refractivity contribution in [3.8, 4) is 0 Å². The molecular weight excluding hydrogens is 337 g/mol. The largest absolute Gasteiger partial charge is 0.480 e. The van der Waals surface area contributed by atoms with Crippen molar-refractivity contribution >= 4 is 46.3 Å². The molecule has 7 heteroatoms. The number of carboxylic acid groups (broad SMARTS) is 1. The van der Waals surface area contributed by atoms with Crippen LogP contribution in [0.25, 0.3) is 6.08 Å². The second kappa shape index (κ2) is 7.23. The molecule has 1 aromatic carbocycles. The van der Waals surface area contributed by atoms with Crippen molar-refractivity contribution in [2.75, 3.05) is 0 Å². The summed E-state index contributed by atoms with van der Waals surface area (Å²) in [6.07, 6.45) is 2.00. The SMILES string of the molecule is CC[C@H](C)[C@@H](C(=O)O)N1C(=O)/C(=C/c2ccccc2F)SC1=S. The number of carbonyl (C=O) groups excluding carboxylic acids is 1. The van der Waals surface area contributed by atoms with E-state index in [0.717, 1.165) is 16.7 Å². The maximum Gasteiger partial charge on any atom is 0.327 e. The maximum atomic E-state index is 13.7. The lowest BCUT2D eigenvalue weighted by atomic mass is 9.98. The van der Waals surface area contributed by atoms with Crippen molar-refractivity contribution < 1.29 is 19.1 Å². The van der Waals surface area contributed by atoms with Gasteiger partial charge in [-0.2, -0.15) is 0 Å². The Bertz CT molecular complexity index is 690. The molecule has 1 aliphatic rings. The highest BCUT2D eigenvalue weighted by molar-refractivity contribution is 8.26. The zero-order valence-electron chi connectivity index (χ0n) is 12.7. The lowest BCUT2D eigenvalue weighted by Gasteiger charge is -2.27. The molecule has 1 aliphatic heterocycles. The van der Waals surface area contributed by atoms with Gasteiger partial charge in [-0.15, -0.1) is 0 Å². The van der Waals surface area contributed by atoms with Gasteiger partial charge in [0, 0.05) is 5.56 Å². The van der Waals surface area contributed by atoms with Crippen molar-refractivity contribution in [3.05, 3.63) is 40.6 Å². The zero-order valence-corrected chi connectivity index (χ0v) is 14.3. The average Bonchev–Trinajstić information content (AvgIpc) is 2.77. The molecule has 2 atom stereocenters. The minimum Gasteiger partial charge on any atom is -0.480 e. The molecule has 1 heterocycles. The lowest BCUT2D eigenvalue weighted by Crippen LogP contribution is -2.47. The monoisotopic (exact) mass is 353 g/mol. The number of nitrogens with zero attached hydrogens (tertiary/aromatic N) is 1. The first kappa shape index (κ1) is 17.6. The number of amides is 1. The van der Waals surface area contributed by atoms with Gasteiger partial charge in [-0.3, -0.25) is 9.69 Å². The van der Waals surface area contributed by atoms with E-state index in [9.17, 15) is 19.1 Å². The van der Waals surface area contributed by atoms with E-state index >= 15 is 0 Å². The van der Waals surface area contributed by atoms with E-state index in [1.165, 1.54) is 12.1 Å². The number of carboxylic acids is 1. The summed E-state index contributed by atoms with van der Waals surface area (Å²) in [6.45, 7) is 3.62. The number of rotatable bonds is 5. The predicted molar refractivity (Wildman–Crippen MR) is 92.3 cm³/mol. The summed E-state index contributed by atoms with van der Waals surface area (Å²) in [5.41, 5.74) is 0.267. The first-order valence-corrected chi connectivity index (χ1v) is 8.33. The number of aliphatic carboxylic acids is 1. The third-order valence-electron chi connectivity index (χ3n) is 3.73. The van der Waals surface area contributed by atoms with E-state index in [4.69, 9.17) is 12.2 Å². The molecule has 0 bridgehead atoms. The van der Waals surface area contributed by atoms with E-state index in [2.05, 4.69) is 0 Å². The third kappa shape index (κ3) is 3.61. The summed E-state index contributed by atoms with van der Waals surface area (Å²) in [6, 6.07) is 5.05. The molecule has 1 amide bonds. The standard InChI is InChI=1S/C16H16FNO3S2/c1-3-9(2)13(15(20)21)18-14(19)12(23-16(18)22)8-10-6-4-5-7-11(10)17/h4-9,13H,3H2,1-2H3,(H,20,21)/b12-8-/t9-,13-/m0/s1. The zero-order chi connectivity index (χ0) is 17.1. The topological polar surface area (TPSA) is 57.6 Å². The molecule has 0 aromatic heterocycles. The number of hydrogen-bond donors (Lipinski definition) is 1. The van der Waals surface area contributed by atoms with Crippen LogP contribution in [-0.2, 0) is 9.59 Å². The summed E-state index contributed by atoms with van der Waals surface area (Å²) in [5, 5.41) is 9.45. The van der Waals surface area contributed by atoms with Crippen molar-refractivity contribution in [1.29, 1.82) is 0 Å². The van der Waals surface area contributed by atoms with Crippen LogP contribution in [0.5, 0.6) is 0 Å². The Morgan fingerprint density at radius 1 is 1.48 bits per heavy atom. The Morgan fingerprint density at radius 3 is 2.70 bits per heavy atom. The summed E-state index contributed by atoms with van der Waals surface area (Å²) in [4.78, 5) is 25.5. The Kier molecular flexibility index (Phi) is 5.54. The minimum atomic E-state index is -1.09. The normalized spacial score (nSPS) is 19.3. The predicted octanol–water partition coefficient (Wildman–Crippen LogP) is 3.53. The van der Waals surface area contributed by atoms with Gasteiger partial charge < -0.3 is 5.11 Å². The highest BCUT2D eigenvalue weighted by Gasteiger charge is 2.42. The summed E-state index contributed by atoms with van der Waals surface area (Å²) in [5.74, 6) is -2.28. The van der Waals surface area contributed by atoms with Crippen molar-refractivity contribution in [2.24, 2.45) is 5.92 Å². The average molecular weight is 353 g/mol. The molecule has 23 heavy (non-hydrogen) atoms. The van der Waals surface area contributed by atoms with Gasteiger partial charge >= 0.3 is 5.97 Å². The summed E-state index contributed by atoms with van der Waals surface area (Å²) < 4.78 is 13.9. The molecule has 122 valence electrons. The Balaban J connectivity index is 2.36. The van der Waals surface area contributed by atoms with Crippen molar-refractivity contribution in [3.63, 3.8) is 0 Å². The second-order valence-electron chi connectivity index (χ2n) is 5.24. The van der Waals surface area contributed by atoms with Crippen molar-refractivity contribution in [1.82, 2.24) is 4.90 Å². The molecule has 0 spiro atoms. The first-order valence-electron chi connectivity index (χ1n) is 7.11. The molecule has 1 fully saturated rings. The van der Waals surface area contributed by atoms with Gasteiger partial charge in [0.1, 0.15) is 16.2 Å². The maximum absolute atomic E-state index is 13.7. The smallest absolute Gasteiger partial charge is 0.327 e. The second-order valence-corrected chi connectivity index (χ2v) is 6.92. The van der Waals surface area contributed by atoms with Gasteiger partial charge in [0.25, 0.3) is 5.91 Å². The number of halogens is 1. The van der Waals surface area contributed by atoms with E-state index in [-0.39, 0.29) is 20.7 Å². The van der Waals surface area contributed by atoms with Crippen LogP contribution in [0.3, 0.4) is 0 Å². The van der Waals surface area contributed by atoms with Crippen LogP contribution in [0.4, 0.5) is 4.39 Å². The Labute approximate surface area is 143 Å². The lowest BCUT2D eigenvalue weighted by molar-refractivity contribution is -0.147. The van der Waals surface area contributed by atoms with E-state index in [0.29, 0.717) is 6.42 Å². The van der Waals surface area contributed by atoms with Gasteiger partial charge in [-0.25, -0.2) is 9.18 Å². The van der Waals surface area contributed by atoms with Gasteiger partial charge in [-0.1, -0.05) is 62.4 Å². The molecule has 0 unspecified atom stereocenters. The molecule has 0 radical (unpaired) electrons. The molecule has 1 saturated heterocycles. The number of benzene rings is 1. The summed E-state index contributed by atoms with van der Waals surface area (Å²) in [7, 11) is 0. The van der Waals surface area contributed by atoms with Crippen LogP contribution in [0, 0.1) is 11.7 Å². The fraction of sp³-hybridized carbons (Fsp3) is 0.312. The highest BCUT2D eigenvalue weighted by atomic mass is 32.2. The third-order valence-corrected chi connectivity index (χ3v) is 5.06. The molecule has 0 aliphatic carbocycles. The van der Waals surface area contributed by atoms with E-state index in [1.807, 2.05) is 6.92 Å². The van der Waals surface area contributed by atoms with Crippen LogP contribution in [0.1, 0.15) is 25.8 Å². The van der Waals surface area contributed by atoms with Crippen LogP contribution in [0.15, 0.2) is 29.2 Å². The van der Waals surface area contributed by atoms with Crippen LogP contribution in [-0.4, -0.2) is 32.2 Å². The van der Waals surface area contributed by atoms with Gasteiger partial charge in [0.05, 0.1) is 4.91 Å². The minimum absolute atomic E-state index is 0.185. The van der Waals surface area contributed by atoms with Crippen LogP contribution >= 0.6 is 24.0 Å². The quantitative estimate of drug-likeness (QED) is 0.648. The van der Waals surface area contributed by atoms with Crippen molar-refractivity contribution in [2.45, 2.75) is 26.3 Å². The molecule has 4 nitrogen and oxygen atoms in total. The molecule has 1 aromatic rings. The van der Waals surface area contributed by atoms with Gasteiger partial charge in [0.2, 0.25) is 0 Å². The fourth-order valence-electron chi connectivity index (χ4n) is 2.28. The molecule has 0 saturated carbocycles. The molecular formula is C16H16FNO3S2. The van der Waals surface area contributed by atoms with E-state index < -0.39 is 23.7 Å². The Morgan fingerprint density at radius 2 is 2.13 bits per heavy atom. The molecule has 2 rings (SSSR count). The Hall–Kier alpha value is -1.73. The van der Waals surface area contributed by atoms with Crippen LogP contribution in [0.2, 0.25) is 0 Å². The van der Waals surface area contributed by atoms with E-state index in [1.54, 1.807) is 25.1 Å². The van der Waals surface area contributed by atoms with Crippen LogP contribution < -0.4 is 0 Å². The van der Waals surface area contributed by atoms with Gasteiger partial charge in [-0.05, 0) is 18.1 Å². The molecule has 1 N–H and O–H groups in total. The fourth-order valence-corrected chi connectivity index (χ4v) is 3.60. The number of carbonyl (C=O) groups is 2. The number of hydrogen-bond acceptors (Lipinski definition) is 4. The number of thioether (sulfide) groups is 1. The number of thiocarbonyl (C=S) groups is 1.